The summed E-state index contributed by atoms with van der Waals surface area (Å²) < 4.78 is 0. The van der Waals surface area contributed by atoms with Crippen molar-refractivity contribution in [3.8, 4) is 11.1 Å². The molecule has 0 saturated carbocycles. The quantitative estimate of drug-likeness (QED) is 0.441. The fourth-order valence-corrected chi connectivity index (χ4v) is 4.33. The molecule has 1 aromatic carbocycles. The number of unbranched alkanes of at least 4 members (excludes halogenated alkanes) is 4. The zero-order chi connectivity index (χ0) is 21.9. The average molecular weight is 431 g/mol. The molecule has 0 radical (unpaired) electrons. The number of carboxylic acid groups (broad SMARTS) is 1. The highest BCUT2D eigenvalue weighted by Crippen LogP contribution is 2.27. The Morgan fingerprint density at radius 2 is 1.80 bits per heavy atom. The van der Waals surface area contributed by atoms with Gasteiger partial charge < -0.3 is 15.3 Å². The second-order valence-corrected chi connectivity index (χ2v) is 8.79. The van der Waals surface area contributed by atoms with Crippen LogP contribution in [0.4, 0.5) is 0 Å². The van der Waals surface area contributed by atoms with E-state index in [1.165, 1.54) is 19.3 Å². The number of nitrogens with zero attached hydrogens (tertiary/aromatic N) is 1. The molecule has 1 atom stereocenters. The van der Waals surface area contributed by atoms with Gasteiger partial charge in [0.05, 0.1) is 6.54 Å². The highest BCUT2D eigenvalue weighted by atomic mass is 32.1. The summed E-state index contributed by atoms with van der Waals surface area (Å²) in [4.78, 5) is 26.5. The van der Waals surface area contributed by atoms with E-state index in [4.69, 9.17) is 0 Å². The Kier molecular flexibility index (Phi) is 10.0. The van der Waals surface area contributed by atoms with Crippen LogP contribution in [0.15, 0.2) is 35.7 Å². The van der Waals surface area contributed by atoms with Gasteiger partial charge in [0.2, 0.25) is 5.91 Å². The highest BCUT2D eigenvalue weighted by molar-refractivity contribution is 7.10. The molecule has 0 spiro atoms. The normalized spacial score (nSPS) is 12.0. The lowest BCUT2D eigenvalue weighted by Crippen LogP contribution is -2.35. The Morgan fingerprint density at radius 1 is 1.10 bits per heavy atom. The standard InChI is InChI=1S/C24H34N2O3S/c1-4-5-6-7-8-9-23(27)26(3)16-21-15-20(17-30-21)19-12-10-18(11-13-19)14-22(25-2)24(28)29/h10-13,15,17,22,25H,4-9,14,16H2,1-3H3,(H,28,29)/t22-/m0/s1. The minimum Gasteiger partial charge on any atom is -0.480 e. The van der Waals surface area contributed by atoms with Crippen molar-refractivity contribution in [2.75, 3.05) is 14.1 Å². The molecule has 0 aliphatic carbocycles. The van der Waals surface area contributed by atoms with Crippen LogP contribution in [0.25, 0.3) is 11.1 Å². The minimum atomic E-state index is -0.844. The largest absolute Gasteiger partial charge is 0.480 e. The van der Waals surface area contributed by atoms with Gasteiger partial charge in [-0.1, -0.05) is 56.9 Å². The van der Waals surface area contributed by atoms with Gasteiger partial charge >= 0.3 is 5.97 Å². The number of hydrogen-bond acceptors (Lipinski definition) is 4. The lowest BCUT2D eigenvalue weighted by atomic mass is 10.0. The average Bonchev–Trinajstić information content (AvgIpc) is 3.20. The zero-order valence-electron chi connectivity index (χ0n) is 18.3. The molecule has 0 bridgehead atoms. The Hall–Kier alpha value is -2.18. The molecule has 0 saturated heterocycles. The number of likely N-dealkylation sites (N-methyl/N-ethyl adjacent to an activating group) is 1. The Labute approximate surface area is 184 Å². The van der Waals surface area contributed by atoms with Crippen molar-refractivity contribution in [3.05, 3.63) is 46.2 Å². The summed E-state index contributed by atoms with van der Waals surface area (Å²) in [6.07, 6.45) is 6.87. The SMILES string of the molecule is CCCCCCCC(=O)N(C)Cc1cc(-c2ccc(C[C@H](NC)C(=O)O)cc2)cs1. The van der Waals surface area contributed by atoms with E-state index in [1.807, 2.05) is 36.2 Å². The van der Waals surface area contributed by atoms with Crippen molar-refractivity contribution in [1.29, 1.82) is 0 Å². The van der Waals surface area contributed by atoms with E-state index >= 15 is 0 Å². The fraction of sp³-hybridized carbons (Fsp3) is 0.500. The molecule has 164 valence electrons. The van der Waals surface area contributed by atoms with Gasteiger partial charge in [-0.15, -0.1) is 11.3 Å². The van der Waals surface area contributed by atoms with Crippen LogP contribution in [-0.2, 0) is 22.6 Å². The molecule has 2 aromatic rings. The number of hydrogen-bond donors (Lipinski definition) is 2. The lowest BCUT2D eigenvalue weighted by molar-refractivity contribution is -0.139. The van der Waals surface area contributed by atoms with Crippen molar-refractivity contribution in [2.24, 2.45) is 0 Å². The van der Waals surface area contributed by atoms with Gasteiger partial charge in [0.1, 0.15) is 6.04 Å². The van der Waals surface area contributed by atoms with Crippen molar-refractivity contribution in [2.45, 2.75) is 64.5 Å². The molecule has 0 unspecified atom stereocenters. The molecule has 1 heterocycles. The third kappa shape index (κ3) is 7.58. The van der Waals surface area contributed by atoms with Gasteiger partial charge in [0.25, 0.3) is 0 Å². The van der Waals surface area contributed by atoms with Crippen LogP contribution in [0.3, 0.4) is 0 Å². The maximum absolute atomic E-state index is 12.3. The van der Waals surface area contributed by atoms with E-state index in [0.717, 1.165) is 34.4 Å². The summed E-state index contributed by atoms with van der Waals surface area (Å²) in [7, 11) is 3.54. The summed E-state index contributed by atoms with van der Waals surface area (Å²) in [6.45, 7) is 2.83. The van der Waals surface area contributed by atoms with Gasteiger partial charge in [0.15, 0.2) is 0 Å². The second-order valence-electron chi connectivity index (χ2n) is 7.80. The van der Waals surface area contributed by atoms with E-state index in [2.05, 4.69) is 23.7 Å². The molecular formula is C24H34N2O3S. The molecule has 6 heteroatoms. The molecule has 2 N–H and O–H groups in total. The summed E-state index contributed by atoms with van der Waals surface area (Å²) in [5.41, 5.74) is 3.22. The summed E-state index contributed by atoms with van der Waals surface area (Å²) in [5.74, 6) is -0.632. The van der Waals surface area contributed by atoms with Crippen LogP contribution in [-0.4, -0.2) is 42.0 Å². The highest BCUT2D eigenvalue weighted by Gasteiger charge is 2.15. The molecule has 0 aliphatic rings. The van der Waals surface area contributed by atoms with E-state index < -0.39 is 12.0 Å². The van der Waals surface area contributed by atoms with Crippen LogP contribution in [0.5, 0.6) is 0 Å². The van der Waals surface area contributed by atoms with Crippen LogP contribution in [0.1, 0.15) is 55.9 Å². The molecule has 0 fully saturated rings. The van der Waals surface area contributed by atoms with Crippen LogP contribution >= 0.6 is 11.3 Å². The fourth-order valence-electron chi connectivity index (χ4n) is 3.39. The minimum absolute atomic E-state index is 0.211. The number of benzene rings is 1. The van der Waals surface area contributed by atoms with Crippen molar-refractivity contribution < 1.29 is 14.7 Å². The number of aliphatic carboxylic acids is 1. The van der Waals surface area contributed by atoms with Gasteiger partial charge in [-0.25, -0.2) is 0 Å². The van der Waals surface area contributed by atoms with Crippen molar-refractivity contribution in [1.82, 2.24) is 10.2 Å². The second kappa shape index (κ2) is 12.5. The number of carbonyl (C=O) groups is 2. The van der Waals surface area contributed by atoms with Crippen LogP contribution in [0.2, 0.25) is 0 Å². The van der Waals surface area contributed by atoms with Crippen molar-refractivity contribution >= 4 is 23.2 Å². The van der Waals surface area contributed by atoms with Crippen molar-refractivity contribution in [3.63, 3.8) is 0 Å². The first-order chi connectivity index (χ1) is 14.4. The molecule has 30 heavy (non-hydrogen) atoms. The number of nitrogens with one attached hydrogen (secondary N) is 1. The number of rotatable bonds is 13. The first kappa shape index (κ1) is 24.1. The monoisotopic (exact) mass is 430 g/mol. The lowest BCUT2D eigenvalue weighted by Gasteiger charge is -2.16. The Morgan fingerprint density at radius 3 is 2.43 bits per heavy atom. The third-order valence-electron chi connectivity index (χ3n) is 5.34. The predicted molar refractivity (Wildman–Crippen MR) is 124 cm³/mol. The van der Waals surface area contributed by atoms with E-state index in [1.54, 1.807) is 18.4 Å². The Bertz CT molecular complexity index is 801. The maximum atomic E-state index is 12.3. The van der Waals surface area contributed by atoms with Gasteiger partial charge in [0, 0.05) is 18.3 Å². The van der Waals surface area contributed by atoms with E-state index in [-0.39, 0.29) is 5.91 Å². The first-order valence-electron chi connectivity index (χ1n) is 10.7. The van der Waals surface area contributed by atoms with Gasteiger partial charge in [-0.3, -0.25) is 9.59 Å². The number of carboxylic acids is 1. The molecule has 1 aromatic heterocycles. The molecule has 2 rings (SSSR count). The number of thiophene rings is 1. The Balaban J connectivity index is 1.88. The maximum Gasteiger partial charge on any atom is 0.321 e. The van der Waals surface area contributed by atoms with E-state index in [0.29, 0.717) is 19.4 Å². The molecule has 5 nitrogen and oxygen atoms in total. The summed E-state index contributed by atoms with van der Waals surface area (Å²) in [5, 5.41) is 14.1. The van der Waals surface area contributed by atoms with Gasteiger partial charge in [-0.05, 0) is 48.0 Å². The number of amides is 1. The van der Waals surface area contributed by atoms with Crippen LogP contribution < -0.4 is 5.32 Å². The smallest absolute Gasteiger partial charge is 0.321 e. The van der Waals surface area contributed by atoms with Crippen LogP contribution in [0, 0.1) is 0 Å². The third-order valence-corrected chi connectivity index (χ3v) is 6.26. The first-order valence-corrected chi connectivity index (χ1v) is 11.6. The number of carbonyl (C=O) groups excluding carboxylic acids is 1. The topological polar surface area (TPSA) is 69.6 Å². The zero-order valence-corrected chi connectivity index (χ0v) is 19.1. The molecule has 1 amide bonds. The molecular weight excluding hydrogens is 396 g/mol. The van der Waals surface area contributed by atoms with Gasteiger partial charge in [-0.2, -0.15) is 0 Å². The molecule has 0 aliphatic heterocycles. The van der Waals surface area contributed by atoms with E-state index in [9.17, 15) is 14.7 Å². The summed E-state index contributed by atoms with van der Waals surface area (Å²) in [6, 6.07) is 9.57. The predicted octanol–water partition coefficient (Wildman–Crippen LogP) is 4.95. The summed E-state index contributed by atoms with van der Waals surface area (Å²) >= 11 is 1.67.